The maximum atomic E-state index is 12.5. The van der Waals surface area contributed by atoms with Crippen LogP contribution >= 0.6 is 11.3 Å². The summed E-state index contributed by atoms with van der Waals surface area (Å²) < 4.78 is 10.8. The van der Waals surface area contributed by atoms with Crippen LogP contribution in [0.1, 0.15) is 23.3 Å². The van der Waals surface area contributed by atoms with Crippen LogP contribution in [0.2, 0.25) is 0 Å². The van der Waals surface area contributed by atoms with Gasteiger partial charge in [-0.3, -0.25) is 9.59 Å². The van der Waals surface area contributed by atoms with E-state index in [9.17, 15) is 9.59 Å². The molecule has 0 saturated carbocycles. The first-order chi connectivity index (χ1) is 13.6. The Morgan fingerprint density at radius 1 is 1.39 bits per heavy atom. The first-order valence-electron chi connectivity index (χ1n) is 9.06. The van der Waals surface area contributed by atoms with Gasteiger partial charge in [0.1, 0.15) is 11.4 Å². The maximum Gasteiger partial charge on any atom is 0.273 e. The number of carbonyl (C=O) groups is 2. The van der Waals surface area contributed by atoms with E-state index in [4.69, 9.17) is 9.47 Å². The van der Waals surface area contributed by atoms with Crippen molar-refractivity contribution in [1.29, 1.82) is 0 Å². The fourth-order valence-electron chi connectivity index (χ4n) is 2.86. The van der Waals surface area contributed by atoms with Crippen molar-refractivity contribution < 1.29 is 19.1 Å². The van der Waals surface area contributed by atoms with E-state index in [0.717, 1.165) is 25.1 Å². The van der Waals surface area contributed by atoms with Gasteiger partial charge in [0, 0.05) is 25.6 Å². The van der Waals surface area contributed by atoms with Crippen molar-refractivity contribution in [3.8, 4) is 5.75 Å². The molecule has 0 radical (unpaired) electrons. The van der Waals surface area contributed by atoms with Crippen LogP contribution < -0.4 is 15.4 Å². The molecule has 1 fully saturated rings. The van der Waals surface area contributed by atoms with Crippen molar-refractivity contribution in [2.45, 2.75) is 18.9 Å². The van der Waals surface area contributed by atoms with E-state index < -0.39 is 0 Å². The van der Waals surface area contributed by atoms with Gasteiger partial charge in [-0.25, -0.2) is 4.98 Å². The Morgan fingerprint density at radius 3 is 2.96 bits per heavy atom. The number of aromatic nitrogens is 1. The number of amides is 2. The van der Waals surface area contributed by atoms with Crippen LogP contribution in [0, 0.1) is 0 Å². The molecular formula is C19H24N4O4S. The summed E-state index contributed by atoms with van der Waals surface area (Å²) in [5, 5.41) is 8.20. The van der Waals surface area contributed by atoms with Gasteiger partial charge in [-0.15, -0.1) is 11.3 Å². The fourth-order valence-corrected chi connectivity index (χ4v) is 3.56. The van der Waals surface area contributed by atoms with Crippen LogP contribution in [-0.4, -0.2) is 61.7 Å². The number of anilines is 2. The number of hydrogen-bond acceptors (Lipinski definition) is 7. The van der Waals surface area contributed by atoms with Gasteiger partial charge in [-0.2, -0.15) is 0 Å². The van der Waals surface area contributed by atoms with Gasteiger partial charge in [-0.1, -0.05) is 12.1 Å². The number of rotatable bonds is 8. The Morgan fingerprint density at radius 2 is 2.21 bits per heavy atom. The third-order valence-electron chi connectivity index (χ3n) is 4.35. The minimum atomic E-state index is -0.309. The first-order valence-corrected chi connectivity index (χ1v) is 9.94. The number of benzene rings is 1. The molecule has 1 atom stereocenters. The molecule has 0 aliphatic carbocycles. The normalized spacial score (nSPS) is 15.9. The van der Waals surface area contributed by atoms with Crippen LogP contribution in [0.4, 0.5) is 10.8 Å². The lowest BCUT2D eigenvalue weighted by molar-refractivity contribution is -0.122. The third kappa shape index (κ3) is 5.20. The largest absolute Gasteiger partial charge is 0.495 e. The van der Waals surface area contributed by atoms with Gasteiger partial charge in [0.05, 0.1) is 25.4 Å². The van der Waals surface area contributed by atoms with Crippen LogP contribution in [0.25, 0.3) is 0 Å². The highest BCUT2D eigenvalue weighted by molar-refractivity contribution is 7.14. The number of para-hydroxylation sites is 2. The molecule has 2 amide bonds. The minimum Gasteiger partial charge on any atom is -0.495 e. The molecule has 150 valence electrons. The predicted octanol–water partition coefficient (Wildman–Crippen LogP) is 2.26. The molecule has 0 bridgehead atoms. The molecule has 8 nitrogen and oxygen atoms in total. The van der Waals surface area contributed by atoms with Gasteiger partial charge in [0.15, 0.2) is 5.13 Å². The van der Waals surface area contributed by atoms with E-state index in [-0.39, 0.29) is 30.2 Å². The molecule has 2 heterocycles. The Hall–Kier alpha value is -2.65. The fraction of sp³-hybridized carbons (Fsp3) is 0.421. The zero-order valence-corrected chi connectivity index (χ0v) is 16.8. The molecule has 1 aromatic heterocycles. The van der Waals surface area contributed by atoms with E-state index in [1.165, 1.54) is 16.2 Å². The number of ether oxygens (including phenoxy) is 2. The molecule has 1 saturated heterocycles. The van der Waals surface area contributed by atoms with E-state index >= 15 is 0 Å². The van der Waals surface area contributed by atoms with E-state index in [0.29, 0.717) is 17.4 Å². The highest BCUT2D eigenvalue weighted by Gasteiger charge is 2.20. The monoisotopic (exact) mass is 404 g/mol. The Labute approximate surface area is 167 Å². The summed E-state index contributed by atoms with van der Waals surface area (Å²) in [6.07, 6.45) is 2.05. The highest BCUT2D eigenvalue weighted by atomic mass is 32.1. The van der Waals surface area contributed by atoms with Crippen molar-refractivity contribution in [2.24, 2.45) is 0 Å². The number of nitrogens with one attached hydrogen (secondary N) is 2. The molecule has 1 aliphatic rings. The quantitative estimate of drug-likeness (QED) is 0.701. The number of thiazole rings is 1. The molecule has 9 heteroatoms. The number of hydrogen-bond donors (Lipinski definition) is 2. The van der Waals surface area contributed by atoms with Gasteiger partial charge in [0.2, 0.25) is 5.91 Å². The van der Waals surface area contributed by atoms with Crippen molar-refractivity contribution in [1.82, 2.24) is 15.2 Å². The molecule has 0 spiro atoms. The number of carbonyl (C=O) groups excluding carboxylic acids is 2. The zero-order chi connectivity index (χ0) is 19.9. The van der Waals surface area contributed by atoms with E-state index in [1.807, 2.05) is 24.3 Å². The van der Waals surface area contributed by atoms with Crippen molar-refractivity contribution in [3.05, 3.63) is 35.3 Å². The second-order valence-corrected chi connectivity index (χ2v) is 7.32. The van der Waals surface area contributed by atoms with Gasteiger partial charge in [0.25, 0.3) is 5.91 Å². The summed E-state index contributed by atoms with van der Waals surface area (Å²) in [5.41, 5.74) is 1.05. The second-order valence-electron chi connectivity index (χ2n) is 6.46. The average Bonchev–Trinajstić information content (AvgIpc) is 3.38. The van der Waals surface area contributed by atoms with Crippen molar-refractivity contribution >= 4 is 34.0 Å². The topological polar surface area (TPSA) is 92.8 Å². The summed E-state index contributed by atoms with van der Waals surface area (Å²) >= 11 is 1.31. The summed E-state index contributed by atoms with van der Waals surface area (Å²) in [5.74, 6) is 0.163. The lowest BCUT2D eigenvalue weighted by Crippen LogP contribution is -2.41. The lowest BCUT2D eigenvalue weighted by Gasteiger charge is -2.16. The zero-order valence-electron chi connectivity index (χ0n) is 15.9. The Kier molecular flexibility index (Phi) is 6.83. The molecular weight excluding hydrogens is 380 g/mol. The first kappa shape index (κ1) is 20.1. The number of likely N-dealkylation sites (N-methyl/N-ethyl adjacent to an activating group) is 1. The molecule has 3 rings (SSSR count). The highest BCUT2D eigenvalue weighted by Crippen LogP contribution is 2.28. The molecule has 1 aliphatic heterocycles. The maximum absolute atomic E-state index is 12.5. The Balaban J connectivity index is 1.53. The number of nitrogens with zero attached hydrogens (tertiary/aromatic N) is 2. The third-order valence-corrected chi connectivity index (χ3v) is 5.11. The average molecular weight is 404 g/mol. The van der Waals surface area contributed by atoms with Gasteiger partial charge in [-0.05, 0) is 25.0 Å². The predicted molar refractivity (Wildman–Crippen MR) is 107 cm³/mol. The van der Waals surface area contributed by atoms with E-state index in [1.54, 1.807) is 19.5 Å². The molecule has 0 unspecified atom stereocenters. The van der Waals surface area contributed by atoms with Gasteiger partial charge >= 0.3 is 0 Å². The van der Waals surface area contributed by atoms with Crippen LogP contribution in [0.3, 0.4) is 0 Å². The second kappa shape index (κ2) is 9.52. The molecule has 2 aromatic rings. The minimum absolute atomic E-state index is 0.0294. The van der Waals surface area contributed by atoms with Crippen molar-refractivity contribution in [2.75, 3.05) is 39.2 Å². The Bertz CT molecular complexity index is 820. The van der Waals surface area contributed by atoms with E-state index in [2.05, 4.69) is 15.6 Å². The molecule has 2 N–H and O–H groups in total. The summed E-state index contributed by atoms with van der Waals surface area (Å²) in [6.45, 7) is 1.19. The van der Waals surface area contributed by atoms with Crippen molar-refractivity contribution in [3.63, 3.8) is 0 Å². The summed E-state index contributed by atoms with van der Waals surface area (Å²) in [7, 11) is 3.18. The van der Waals surface area contributed by atoms with Crippen LogP contribution in [0.5, 0.6) is 5.75 Å². The SMILES string of the molecule is COc1ccccc1Nc1nc(C(=O)N(C)CC(=O)NC[C@@H]2CCCO2)cs1. The lowest BCUT2D eigenvalue weighted by atomic mass is 10.2. The van der Waals surface area contributed by atoms with Crippen LogP contribution in [-0.2, 0) is 9.53 Å². The summed E-state index contributed by atoms with van der Waals surface area (Å²) in [6, 6.07) is 7.46. The molecule has 1 aromatic carbocycles. The smallest absolute Gasteiger partial charge is 0.273 e. The number of methoxy groups -OCH3 is 1. The van der Waals surface area contributed by atoms with Crippen LogP contribution in [0.15, 0.2) is 29.6 Å². The van der Waals surface area contributed by atoms with Gasteiger partial charge < -0.3 is 25.0 Å². The molecule has 28 heavy (non-hydrogen) atoms. The summed E-state index contributed by atoms with van der Waals surface area (Å²) in [4.78, 5) is 30.3. The standard InChI is InChI=1S/C19H24N4O4S/c1-23(11-17(24)20-10-13-6-5-9-27-13)18(25)15-12-28-19(22-15)21-14-7-3-4-8-16(14)26-2/h3-4,7-8,12-13H,5-6,9-11H2,1-2H3,(H,20,24)(H,21,22)/t13-/m0/s1.